The highest BCUT2D eigenvalue weighted by Crippen LogP contribution is 2.23. The van der Waals surface area contributed by atoms with E-state index in [4.69, 9.17) is 4.74 Å². The molecule has 0 unspecified atom stereocenters. The van der Waals surface area contributed by atoms with E-state index in [-0.39, 0.29) is 28.5 Å². The van der Waals surface area contributed by atoms with Crippen LogP contribution in [0.1, 0.15) is 51.8 Å². The Kier molecular flexibility index (Phi) is 10.8. The number of rotatable bonds is 6. The molecule has 0 aliphatic carbocycles. The number of amides is 3. The van der Waals surface area contributed by atoms with Crippen LogP contribution in [0.4, 0.5) is 26.2 Å². The summed E-state index contributed by atoms with van der Waals surface area (Å²) in [7, 11) is 2.93. The number of hydrogen-bond acceptors (Lipinski definition) is 8. The van der Waals surface area contributed by atoms with E-state index in [1.54, 1.807) is 63.0 Å². The van der Waals surface area contributed by atoms with Crippen LogP contribution in [0.15, 0.2) is 79.1 Å². The van der Waals surface area contributed by atoms with Crippen molar-refractivity contribution < 1.29 is 38.1 Å². The van der Waals surface area contributed by atoms with E-state index in [9.17, 15) is 28.7 Å². The summed E-state index contributed by atoms with van der Waals surface area (Å²) in [6.07, 6.45) is 2.60. The first-order valence-electron chi connectivity index (χ1n) is 13.1. The molecule has 4 N–H and O–H groups in total. The summed E-state index contributed by atoms with van der Waals surface area (Å²) in [5.74, 6) is -2.58. The molecule has 0 bridgehead atoms. The molecule has 1 aromatic heterocycles. The number of nitrogens with one attached hydrogen (secondary N) is 3. The molecule has 230 valence electrons. The number of phenolic OH excluding ortho intramolecular Hbond substituents is 1. The lowest BCUT2D eigenvalue weighted by Gasteiger charge is -2.19. The fourth-order valence-corrected chi connectivity index (χ4v) is 3.54. The summed E-state index contributed by atoms with van der Waals surface area (Å²) < 4.78 is 24.7. The van der Waals surface area contributed by atoms with Gasteiger partial charge in [0.25, 0.3) is 11.8 Å². The molecule has 13 heteroatoms. The van der Waals surface area contributed by atoms with Crippen molar-refractivity contribution in [3.05, 3.63) is 102 Å². The SMILES string of the molecule is COC(=O)c1ccc(NC(=O)c2ccccc2F)cc1O.Cn1cc(C(=O)Nc2ccc(NC(=O)OC(C)(C)C)cc2)cn1. The summed E-state index contributed by atoms with van der Waals surface area (Å²) in [4.78, 5) is 46.9. The van der Waals surface area contributed by atoms with Crippen LogP contribution in [0.25, 0.3) is 0 Å². The normalized spacial score (nSPS) is 10.5. The highest BCUT2D eigenvalue weighted by molar-refractivity contribution is 6.05. The van der Waals surface area contributed by atoms with Crippen LogP contribution in [-0.4, -0.2) is 51.5 Å². The lowest BCUT2D eigenvalue weighted by atomic mass is 10.1. The number of anilines is 3. The average molecular weight is 606 g/mol. The van der Waals surface area contributed by atoms with Crippen molar-refractivity contribution in [1.29, 1.82) is 0 Å². The number of phenols is 1. The van der Waals surface area contributed by atoms with Gasteiger partial charge in [-0.2, -0.15) is 5.10 Å². The fraction of sp³-hybridized carbons (Fsp3) is 0.194. The lowest BCUT2D eigenvalue weighted by Crippen LogP contribution is -2.27. The molecule has 0 atom stereocenters. The van der Waals surface area contributed by atoms with E-state index in [1.165, 1.54) is 55.8 Å². The fourth-order valence-electron chi connectivity index (χ4n) is 3.54. The molecule has 1 heterocycles. The van der Waals surface area contributed by atoms with Crippen LogP contribution < -0.4 is 16.0 Å². The monoisotopic (exact) mass is 605 g/mol. The van der Waals surface area contributed by atoms with Gasteiger partial charge >= 0.3 is 12.1 Å². The molecule has 0 aliphatic heterocycles. The number of aryl methyl sites for hydroxylation is 1. The molecule has 44 heavy (non-hydrogen) atoms. The summed E-state index contributed by atoms with van der Waals surface area (Å²) in [5, 5.41) is 21.5. The molecule has 0 fully saturated rings. The first-order chi connectivity index (χ1) is 20.8. The Morgan fingerprint density at radius 1 is 0.841 bits per heavy atom. The number of halogens is 1. The third kappa shape index (κ3) is 9.69. The zero-order valence-corrected chi connectivity index (χ0v) is 24.7. The molecular formula is C31H32FN5O7. The third-order valence-corrected chi connectivity index (χ3v) is 5.53. The molecule has 0 spiro atoms. The van der Waals surface area contributed by atoms with E-state index < -0.39 is 29.4 Å². The van der Waals surface area contributed by atoms with E-state index in [2.05, 4.69) is 25.8 Å². The Labute approximate surface area is 252 Å². The number of nitrogens with zero attached hydrogens (tertiary/aromatic N) is 2. The number of carbonyl (C=O) groups is 4. The number of benzene rings is 3. The quantitative estimate of drug-likeness (QED) is 0.207. The van der Waals surface area contributed by atoms with Crippen LogP contribution in [0.5, 0.6) is 5.75 Å². The maximum atomic E-state index is 13.5. The molecule has 4 rings (SSSR count). The minimum absolute atomic E-state index is 0.0265. The predicted molar refractivity (Wildman–Crippen MR) is 161 cm³/mol. The van der Waals surface area contributed by atoms with Crippen molar-refractivity contribution in [2.75, 3.05) is 23.1 Å². The van der Waals surface area contributed by atoms with Gasteiger partial charge in [0.15, 0.2) is 0 Å². The van der Waals surface area contributed by atoms with Crippen molar-refractivity contribution in [2.45, 2.75) is 26.4 Å². The van der Waals surface area contributed by atoms with Crippen molar-refractivity contribution >= 4 is 40.9 Å². The number of ether oxygens (including phenoxy) is 2. The number of methoxy groups -OCH3 is 1. The van der Waals surface area contributed by atoms with Gasteiger partial charge in [-0.15, -0.1) is 0 Å². The van der Waals surface area contributed by atoms with Crippen molar-refractivity contribution in [3.63, 3.8) is 0 Å². The van der Waals surface area contributed by atoms with Crippen LogP contribution in [-0.2, 0) is 16.5 Å². The molecule has 12 nitrogen and oxygen atoms in total. The van der Waals surface area contributed by atoms with Gasteiger partial charge < -0.3 is 25.2 Å². The van der Waals surface area contributed by atoms with Crippen molar-refractivity contribution in [2.24, 2.45) is 7.05 Å². The summed E-state index contributed by atoms with van der Waals surface area (Å²) >= 11 is 0. The minimum Gasteiger partial charge on any atom is -0.507 e. The smallest absolute Gasteiger partial charge is 0.412 e. The zero-order chi connectivity index (χ0) is 32.4. The Morgan fingerprint density at radius 3 is 1.98 bits per heavy atom. The molecule has 0 saturated heterocycles. The Morgan fingerprint density at radius 2 is 1.43 bits per heavy atom. The number of carbonyl (C=O) groups excluding carboxylic acids is 4. The van der Waals surface area contributed by atoms with E-state index in [0.717, 1.165) is 0 Å². The molecule has 3 aromatic carbocycles. The minimum atomic E-state index is -0.695. The van der Waals surface area contributed by atoms with Crippen LogP contribution in [0, 0.1) is 5.82 Å². The van der Waals surface area contributed by atoms with Gasteiger partial charge in [0.05, 0.1) is 24.4 Å². The molecule has 0 radical (unpaired) electrons. The zero-order valence-electron chi connectivity index (χ0n) is 24.7. The number of hydrogen-bond donors (Lipinski definition) is 4. The Balaban J connectivity index is 0.000000241. The predicted octanol–water partition coefficient (Wildman–Crippen LogP) is 5.59. The molecule has 3 amide bonds. The highest BCUT2D eigenvalue weighted by Gasteiger charge is 2.17. The van der Waals surface area contributed by atoms with Gasteiger partial charge in [-0.25, -0.2) is 14.0 Å². The van der Waals surface area contributed by atoms with E-state index in [0.29, 0.717) is 16.9 Å². The number of aromatic nitrogens is 2. The second-order valence-electron chi connectivity index (χ2n) is 10.2. The van der Waals surface area contributed by atoms with E-state index in [1.807, 2.05) is 0 Å². The maximum absolute atomic E-state index is 13.5. The largest absolute Gasteiger partial charge is 0.507 e. The van der Waals surface area contributed by atoms with Crippen LogP contribution >= 0.6 is 0 Å². The Hall–Kier alpha value is -5.72. The topological polar surface area (TPSA) is 161 Å². The van der Waals surface area contributed by atoms with Gasteiger partial charge in [-0.05, 0) is 69.3 Å². The third-order valence-electron chi connectivity index (χ3n) is 5.53. The summed E-state index contributed by atoms with van der Waals surface area (Å²) in [5.41, 5.74) is 1.21. The number of esters is 1. The van der Waals surface area contributed by atoms with E-state index >= 15 is 0 Å². The first-order valence-corrected chi connectivity index (χ1v) is 13.1. The first kappa shape index (κ1) is 32.8. The number of aromatic hydroxyl groups is 1. The van der Waals surface area contributed by atoms with Gasteiger partial charge in [0.2, 0.25) is 0 Å². The summed E-state index contributed by atoms with van der Waals surface area (Å²) in [6, 6.07) is 16.2. The molecule has 0 aliphatic rings. The summed E-state index contributed by atoms with van der Waals surface area (Å²) in [6.45, 7) is 5.39. The molecule has 4 aromatic rings. The van der Waals surface area contributed by atoms with Crippen molar-refractivity contribution in [1.82, 2.24) is 9.78 Å². The Bertz CT molecular complexity index is 1650. The van der Waals surface area contributed by atoms with Crippen LogP contribution in [0.2, 0.25) is 0 Å². The molecule has 0 saturated carbocycles. The van der Waals surface area contributed by atoms with Gasteiger partial charge in [0, 0.05) is 36.4 Å². The van der Waals surface area contributed by atoms with Gasteiger partial charge in [-0.1, -0.05) is 12.1 Å². The van der Waals surface area contributed by atoms with Gasteiger partial charge in [0.1, 0.15) is 22.7 Å². The maximum Gasteiger partial charge on any atom is 0.412 e. The second-order valence-corrected chi connectivity index (χ2v) is 10.2. The lowest BCUT2D eigenvalue weighted by molar-refractivity contribution is 0.0594. The highest BCUT2D eigenvalue weighted by atomic mass is 19.1. The van der Waals surface area contributed by atoms with Crippen LogP contribution in [0.3, 0.4) is 0 Å². The van der Waals surface area contributed by atoms with Gasteiger partial charge in [-0.3, -0.25) is 19.6 Å². The standard InChI is InChI=1S/C16H20N4O3.C15H12FNO4/c1-16(2,3)23-15(22)19-13-7-5-12(6-8-13)18-14(21)11-9-17-20(4)10-11;1-21-15(20)11-7-6-9(8-13(11)18)17-14(19)10-4-2-3-5-12(10)16/h5-10H,1-4H3,(H,18,21)(H,19,22);2-8,18H,1H3,(H,17,19). The molecular weight excluding hydrogens is 573 g/mol. The van der Waals surface area contributed by atoms with Crippen molar-refractivity contribution in [3.8, 4) is 5.75 Å². The average Bonchev–Trinajstić information content (AvgIpc) is 3.40. The second kappa shape index (κ2) is 14.4.